The minimum atomic E-state index is -1.24. The molecule has 1 aliphatic rings. The van der Waals surface area contributed by atoms with E-state index in [0.29, 0.717) is 0 Å². The molecule has 0 radical (unpaired) electrons. The van der Waals surface area contributed by atoms with Crippen LogP contribution in [0.2, 0.25) is 0 Å². The van der Waals surface area contributed by atoms with Crippen molar-refractivity contribution in [2.45, 2.75) is 24.2 Å². The van der Waals surface area contributed by atoms with Gasteiger partial charge in [0.1, 0.15) is 0 Å². The van der Waals surface area contributed by atoms with Gasteiger partial charge in [-0.15, -0.1) is 0 Å². The fourth-order valence-corrected chi connectivity index (χ4v) is 1.96. The summed E-state index contributed by atoms with van der Waals surface area (Å²) >= 11 is 2.91. The van der Waals surface area contributed by atoms with E-state index in [4.69, 9.17) is 0 Å². The van der Waals surface area contributed by atoms with Crippen molar-refractivity contribution in [2.75, 3.05) is 0 Å². The molecule has 0 spiro atoms. The van der Waals surface area contributed by atoms with Gasteiger partial charge < -0.3 is 0 Å². The van der Waals surface area contributed by atoms with Crippen molar-refractivity contribution < 1.29 is 24.3 Å². The SMILES string of the molecule is CC(=O)OOC(=O)C1CC(Br)([N+](=O)[O-])C1. The fourth-order valence-electron chi connectivity index (χ4n) is 1.18. The molecule has 0 bridgehead atoms. The number of hydrogen-bond donors (Lipinski definition) is 0. The van der Waals surface area contributed by atoms with Crippen LogP contribution >= 0.6 is 15.9 Å². The first-order valence-electron chi connectivity index (χ1n) is 4.07. The number of alkyl halides is 1. The molecule has 0 unspecified atom stereocenters. The lowest BCUT2D eigenvalue weighted by Gasteiger charge is -2.33. The largest absolute Gasteiger partial charge is 0.359 e. The third kappa shape index (κ3) is 2.65. The second kappa shape index (κ2) is 4.13. The molecule has 1 fully saturated rings. The second-order valence-corrected chi connectivity index (χ2v) is 4.73. The van der Waals surface area contributed by atoms with Gasteiger partial charge in [0.2, 0.25) is 0 Å². The molecule has 1 aliphatic carbocycles. The van der Waals surface area contributed by atoms with Crippen LogP contribution in [0.3, 0.4) is 0 Å². The summed E-state index contributed by atoms with van der Waals surface area (Å²) in [4.78, 5) is 39.5. The summed E-state index contributed by atoms with van der Waals surface area (Å²) in [6, 6.07) is 0. The molecular weight excluding hydrogens is 274 g/mol. The van der Waals surface area contributed by atoms with E-state index in [1.807, 2.05) is 0 Å². The van der Waals surface area contributed by atoms with Gasteiger partial charge in [0, 0.05) is 40.6 Å². The zero-order valence-corrected chi connectivity index (χ0v) is 9.35. The Labute approximate surface area is 92.9 Å². The summed E-state index contributed by atoms with van der Waals surface area (Å²) in [5.74, 6) is -2.11. The van der Waals surface area contributed by atoms with Gasteiger partial charge >= 0.3 is 11.9 Å². The molecule has 0 amide bonds. The maximum atomic E-state index is 11.1. The van der Waals surface area contributed by atoms with Gasteiger partial charge in [0.25, 0.3) is 4.45 Å². The predicted octanol–water partition coefficient (Wildman–Crippen LogP) is 0.786. The van der Waals surface area contributed by atoms with Crippen molar-refractivity contribution in [1.29, 1.82) is 0 Å². The highest BCUT2D eigenvalue weighted by atomic mass is 79.9. The molecule has 0 aromatic rings. The van der Waals surface area contributed by atoms with E-state index < -0.39 is 27.2 Å². The number of nitro groups is 1. The number of hydrogen-bond acceptors (Lipinski definition) is 6. The Kier molecular flexibility index (Phi) is 3.28. The van der Waals surface area contributed by atoms with Gasteiger partial charge in [-0.1, -0.05) is 0 Å². The number of carbonyl (C=O) groups is 2. The standard InChI is InChI=1S/C7H8BrNO6/c1-4(10)14-15-6(11)5-2-7(8,3-5)9(12)13/h5H,2-3H2,1H3. The van der Waals surface area contributed by atoms with Gasteiger partial charge in [-0.05, 0) is 0 Å². The van der Waals surface area contributed by atoms with Crippen molar-refractivity contribution >= 4 is 27.9 Å². The van der Waals surface area contributed by atoms with Gasteiger partial charge in [-0.25, -0.2) is 19.4 Å². The van der Waals surface area contributed by atoms with Crippen LogP contribution in [0.5, 0.6) is 0 Å². The molecule has 0 aromatic carbocycles. The lowest BCUT2D eigenvalue weighted by Crippen LogP contribution is -2.48. The smallest absolute Gasteiger partial charge is 0.263 e. The molecule has 0 saturated heterocycles. The van der Waals surface area contributed by atoms with Crippen LogP contribution in [0.4, 0.5) is 0 Å². The van der Waals surface area contributed by atoms with Crippen LogP contribution < -0.4 is 0 Å². The maximum Gasteiger partial charge on any atom is 0.359 e. The quantitative estimate of drug-likeness (QED) is 0.244. The third-order valence-electron chi connectivity index (χ3n) is 2.02. The van der Waals surface area contributed by atoms with E-state index in [1.54, 1.807) is 0 Å². The average molecular weight is 282 g/mol. The summed E-state index contributed by atoms with van der Waals surface area (Å²) in [6.07, 6.45) is 0.0558. The Balaban J connectivity index is 2.35. The molecule has 8 heteroatoms. The first-order valence-corrected chi connectivity index (χ1v) is 4.87. The first kappa shape index (κ1) is 11.9. The first-order chi connectivity index (χ1) is 6.85. The summed E-state index contributed by atoms with van der Waals surface area (Å²) in [7, 11) is 0. The van der Waals surface area contributed by atoms with Crippen molar-refractivity contribution in [2.24, 2.45) is 5.92 Å². The normalized spacial score (nSPS) is 28.8. The minimum absolute atomic E-state index is 0.0279. The number of halogens is 1. The van der Waals surface area contributed by atoms with Crippen LogP contribution in [-0.2, 0) is 19.4 Å². The van der Waals surface area contributed by atoms with Gasteiger partial charge in [0.15, 0.2) is 0 Å². The van der Waals surface area contributed by atoms with Crippen LogP contribution in [0, 0.1) is 16.0 Å². The molecule has 0 aromatic heterocycles. The van der Waals surface area contributed by atoms with E-state index in [1.165, 1.54) is 0 Å². The average Bonchev–Trinajstić information content (AvgIpc) is 2.08. The van der Waals surface area contributed by atoms with E-state index in [2.05, 4.69) is 25.7 Å². The molecule has 0 atom stereocenters. The Morgan fingerprint density at radius 1 is 1.47 bits per heavy atom. The molecule has 1 rings (SSSR count). The lowest BCUT2D eigenvalue weighted by atomic mass is 9.80. The van der Waals surface area contributed by atoms with Gasteiger partial charge in [0.05, 0.1) is 5.92 Å². The Morgan fingerprint density at radius 2 is 2.00 bits per heavy atom. The highest BCUT2D eigenvalue weighted by Gasteiger charge is 2.56. The van der Waals surface area contributed by atoms with E-state index >= 15 is 0 Å². The number of carbonyl (C=O) groups excluding carboxylic acids is 2. The second-order valence-electron chi connectivity index (χ2n) is 3.26. The molecular formula is C7H8BrNO6. The van der Waals surface area contributed by atoms with Crippen molar-refractivity contribution in [3.63, 3.8) is 0 Å². The van der Waals surface area contributed by atoms with Crippen molar-refractivity contribution in [1.82, 2.24) is 0 Å². The third-order valence-corrected chi connectivity index (χ3v) is 2.96. The zero-order valence-electron chi connectivity index (χ0n) is 7.77. The maximum absolute atomic E-state index is 11.1. The lowest BCUT2D eigenvalue weighted by molar-refractivity contribution is -0.553. The monoisotopic (exact) mass is 281 g/mol. The van der Waals surface area contributed by atoms with Gasteiger partial charge in [-0.2, -0.15) is 0 Å². The van der Waals surface area contributed by atoms with E-state index in [9.17, 15) is 19.7 Å². The summed E-state index contributed by atoms with van der Waals surface area (Å²) in [5.41, 5.74) is 0. The Bertz CT molecular complexity index is 311. The fraction of sp³-hybridized carbons (Fsp3) is 0.714. The summed E-state index contributed by atoms with van der Waals surface area (Å²) in [6.45, 7) is 1.08. The number of nitrogens with zero attached hydrogens (tertiary/aromatic N) is 1. The van der Waals surface area contributed by atoms with Crippen LogP contribution in [0.25, 0.3) is 0 Å². The topological polar surface area (TPSA) is 95.7 Å². The number of rotatable bonds is 2. The van der Waals surface area contributed by atoms with Crippen LogP contribution in [0.1, 0.15) is 19.8 Å². The summed E-state index contributed by atoms with van der Waals surface area (Å²) in [5, 5.41) is 10.5. The van der Waals surface area contributed by atoms with E-state index in [0.717, 1.165) is 6.92 Å². The zero-order chi connectivity index (χ0) is 11.6. The molecule has 84 valence electrons. The Hall–Kier alpha value is -1.18. The molecule has 0 N–H and O–H groups in total. The van der Waals surface area contributed by atoms with Crippen LogP contribution in [-0.4, -0.2) is 21.3 Å². The molecule has 1 saturated carbocycles. The summed E-state index contributed by atoms with van der Waals surface area (Å²) < 4.78 is -1.24. The van der Waals surface area contributed by atoms with Crippen molar-refractivity contribution in [3.05, 3.63) is 10.1 Å². The minimum Gasteiger partial charge on any atom is -0.263 e. The highest BCUT2D eigenvalue weighted by Crippen LogP contribution is 2.45. The highest BCUT2D eigenvalue weighted by molar-refractivity contribution is 9.10. The molecule has 0 aliphatic heterocycles. The van der Waals surface area contributed by atoms with E-state index in [-0.39, 0.29) is 12.8 Å². The van der Waals surface area contributed by atoms with Crippen LogP contribution in [0.15, 0.2) is 0 Å². The molecule has 7 nitrogen and oxygen atoms in total. The molecule has 0 heterocycles. The molecule has 15 heavy (non-hydrogen) atoms. The van der Waals surface area contributed by atoms with Gasteiger partial charge in [-0.3, -0.25) is 10.1 Å². The predicted molar refractivity (Wildman–Crippen MR) is 49.2 cm³/mol. The van der Waals surface area contributed by atoms with Crippen molar-refractivity contribution in [3.8, 4) is 0 Å². The Morgan fingerprint density at radius 3 is 2.40 bits per heavy atom.